The fraction of sp³-hybridized carbons (Fsp3) is 0.190. The predicted octanol–water partition coefficient (Wildman–Crippen LogP) is 4.46. The van der Waals surface area contributed by atoms with Gasteiger partial charge in [0, 0.05) is 37.2 Å². The summed E-state index contributed by atoms with van der Waals surface area (Å²) in [6.45, 7) is 3.24. The smallest absolute Gasteiger partial charge is 0.224 e. The van der Waals surface area contributed by atoms with Gasteiger partial charge in [-0.3, -0.25) is 9.59 Å². The molecule has 2 aromatic carbocycles. The Morgan fingerprint density at radius 1 is 1.10 bits per heavy atom. The van der Waals surface area contributed by atoms with Crippen molar-refractivity contribution in [3.05, 3.63) is 65.7 Å². The third kappa shape index (κ3) is 5.25. The van der Waals surface area contributed by atoms with Crippen LogP contribution < -0.4 is 10.6 Å². The number of oxazole rings is 1. The number of aromatic nitrogens is 1. The van der Waals surface area contributed by atoms with Gasteiger partial charge in [-0.05, 0) is 36.8 Å². The van der Waals surface area contributed by atoms with Crippen LogP contribution in [0.1, 0.15) is 24.8 Å². The van der Waals surface area contributed by atoms with E-state index in [0.717, 1.165) is 17.7 Å². The van der Waals surface area contributed by atoms with Gasteiger partial charge < -0.3 is 15.1 Å². The van der Waals surface area contributed by atoms with Gasteiger partial charge in [0.05, 0.1) is 11.8 Å². The largest absolute Gasteiger partial charge is 0.441 e. The number of aryl methyl sites for hydroxylation is 2. The SMILES string of the molecule is CC(=O)Nc1ccc(C)c(NC(=O)CCc2ncc(-c3ccc(F)cc3F)o2)c1. The van der Waals surface area contributed by atoms with Crippen LogP contribution in [0.4, 0.5) is 20.2 Å². The monoisotopic (exact) mass is 399 g/mol. The molecule has 0 spiro atoms. The first-order chi connectivity index (χ1) is 13.8. The van der Waals surface area contributed by atoms with Crippen molar-refractivity contribution >= 4 is 23.2 Å². The van der Waals surface area contributed by atoms with E-state index in [0.29, 0.717) is 11.4 Å². The molecular formula is C21H19F2N3O3. The Morgan fingerprint density at radius 2 is 1.90 bits per heavy atom. The molecule has 29 heavy (non-hydrogen) atoms. The lowest BCUT2D eigenvalue weighted by atomic mass is 10.1. The van der Waals surface area contributed by atoms with Gasteiger partial charge in [-0.25, -0.2) is 13.8 Å². The number of carbonyl (C=O) groups is 2. The molecule has 0 unspecified atom stereocenters. The highest BCUT2D eigenvalue weighted by Gasteiger charge is 2.13. The van der Waals surface area contributed by atoms with Gasteiger partial charge in [-0.2, -0.15) is 0 Å². The molecule has 3 aromatic rings. The van der Waals surface area contributed by atoms with Crippen LogP contribution in [0.25, 0.3) is 11.3 Å². The first-order valence-corrected chi connectivity index (χ1v) is 8.90. The standard InChI is InChI=1S/C21H19F2N3O3/c1-12-3-5-15(25-13(2)27)10-18(12)26-20(28)7-8-21-24-11-19(29-21)16-6-4-14(22)9-17(16)23/h3-6,9-11H,7-8H2,1-2H3,(H,25,27)(H,26,28). The molecule has 0 radical (unpaired) electrons. The molecule has 150 valence electrons. The zero-order chi connectivity index (χ0) is 21.0. The fourth-order valence-corrected chi connectivity index (χ4v) is 2.71. The Bertz CT molecular complexity index is 1060. The molecule has 0 fully saturated rings. The van der Waals surface area contributed by atoms with E-state index in [1.54, 1.807) is 18.2 Å². The van der Waals surface area contributed by atoms with E-state index in [1.807, 2.05) is 6.92 Å². The summed E-state index contributed by atoms with van der Waals surface area (Å²) >= 11 is 0. The summed E-state index contributed by atoms with van der Waals surface area (Å²) in [7, 11) is 0. The number of anilines is 2. The number of amides is 2. The van der Waals surface area contributed by atoms with Crippen LogP contribution in [0.3, 0.4) is 0 Å². The molecule has 0 bridgehead atoms. The summed E-state index contributed by atoms with van der Waals surface area (Å²) in [6.07, 6.45) is 1.64. The normalized spacial score (nSPS) is 10.6. The first kappa shape index (κ1) is 20.2. The van der Waals surface area contributed by atoms with Gasteiger partial charge in [-0.15, -0.1) is 0 Å². The van der Waals surface area contributed by atoms with Gasteiger partial charge in [-0.1, -0.05) is 6.07 Å². The van der Waals surface area contributed by atoms with E-state index in [-0.39, 0.29) is 41.9 Å². The lowest BCUT2D eigenvalue weighted by molar-refractivity contribution is -0.116. The number of hydrogen-bond acceptors (Lipinski definition) is 4. The van der Waals surface area contributed by atoms with Gasteiger partial charge in [0.1, 0.15) is 11.6 Å². The summed E-state index contributed by atoms with van der Waals surface area (Å²) in [5, 5.41) is 5.45. The summed E-state index contributed by atoms with van der Waals surface area (Å²) in [5.41, 5.74) is 2.11. The van der Waals surface area contributed by atoms with Gasteiger partial charge in [0.2, 0.25) is 11.8 Å². The lowest BCUT2D eigenvalue weighted by Crippen LogP contribution is -2.14. The van der Waals surface area contributed by atoms with Crippen LogP contribution in [0, 0.1) is 18.6 Å². The van der Waals surface area contributed by atoms with E-state index in [4.69, 9.17) is 4.42 Å². The van der Waals surface area contributed by atoms with E-state index < -0.39 is 11.6 Å². The van der Waals surface area contributed by atoms with Crippen LogP contribution in [0.15, 0.2) is 47.0 Å². The number of nitrogens with one attached hydrogen (secondary N) is 2. The van der Waals surface area contributed by atoms with E-state index in [1.165, 1.54) is 19.2 Å². The van der Waals surface area contributed by atoms with Gasteiger partial charge in [0.25, 0.3) is 0 Å². The van der Waals surface area contributed by atoms with Crippen LogP contribution >= 0.6 is 0 Å². The number of halogens is 2. The van der Waals surface area contributed by atoms with Gasteiger partial charge >= 0.3 is 0 Å². The van der Waals surface area contributed by atoms with Crippen molar-refractivity contribution in [2.75, 3.05) is 10.6 Å². The Balaban J connectivity index is 1.62. The number of rotatable bonds is 6. The Morgan fingerprint density at radius 3 is 2.62 bits per heavy atom. The predicted molar refractivity (Wildman–Crippen MR) is 104 cm³/mol. The summed E-state index contributed by atoms with van der Waals surface area (Å²) in [6, 6.07) is 8.38. The Labute approximate surface area is 166 Å². The molecule has 0 aliphatic carbocycles. The second-order valence-corrected chi connectivity index (χ2v) is 6.50. The molecule has 0 atom stereocenters. The van der Waals surface area contributed by atoms with Crippen molar-refractivity contribution in [3.63, 3.8) is 0 Å². The molecule has 0 aliphatic rings. The third-order valence-electron chi connectivity index (χ3n) is 4.15. The average molecular weight is 399 g/mol. The zero-order valence-electron chi connectivity index (χ0n) is 15.9. The van der Waals surface area contributed by atoms with Gasteiger partial charge in [0.15, 0.2) is 11.7 Å². The van der Waals surface area contributed by atoms with E-state index in [2.05, 4.69) is 15.6 Å². The molecule has 1 heterocycles. The first-order valence-electron chi connectivity index (χ1n) is 8.90. The van der Waals surface area contributed by atoms with Crippen molar-refractivity contribution in [2.24, 2.45) is 0 Å². The third-order valence-corrected chi connectivity index (χ3v) is 4.15. The summed E-state index contributed by atoms with van der Waals surface area (Å²) in [5.74, 6) is -1.47. The molecular weight excluding hydrogens is 380 g/mol. The lowest BCUT2D eigenvalue weighted by Gasteiger charge is -2.10. The topological polar surface area (TPSA) is 84.2 Å². The zero-order valence-corrected chi connectivity index (χ0v) is 15.9. The summed E-state index contributed by atoms with van der Waals surface area (Å²) in [4.78, 5) is 27.5. The number of hydrogen-bond donors (Lipinski definition) is 2. The van der Waals surface area contributed by atoms with Crippen LogP contribution in [-0.4, -0.2) is 16.8 Å². The van der Waals surface area contributed by atoms with Crippen LogP contribution in [0.5, 0.6) is 0 Å². The number of carbonyl (C=O) groups excluding carboxylic acids is 2. The minimum absolute atomic E-state index is 0.0929. The number of nitrogens with zero attached hydrogens (tertiary/aromatic N) is 1. The summed E-state index contributed by atoms with van der Waals surface area (Å²) < 4.78 is 32.3. The maximum absolute atomic E-state index is 13.8. The van der Waals surface area contributed by atoms with Crippen LogP contribution in [0.2, 0.25) is 0 Å². The highest BCUT2D eigenvalue weighted by atomic mass is 19.1. The second-order valence-electron chi connectivity index (χ2n) is 6.50. The minimum atomic E-state index is -0.750. The second kappa shape index (κ2) is 8.64. The van der Waals surface area contributed by atoms with Crippen LogP contribution in [-0.2, 0) is 16.0 Å². The Kier molecular flexibility index (Phi) is 6.01. The van der Waals surface area contributed by atoms with Crippen molar-refractivity contribution in [2.45, 2.75) is 26.7 Å². The molecule has 0 saturated carbocycles. The Hall–Kier alpha value is -3.55. The molecule has 6 nitrogen and oxygen atoms in total. The van der Waals surface area contributed by atoms with E-state index in [9.17, 15) is 18.4 Å². The molecule has 2 amide bonds. The minimum Gasteiger partial charge on any atom is -0.441 e. The molecule has 0 aliphatic heterocycles. The molecule has 8 heteroatoms. The maximum Gasteiger partial charge on any atom is 0.224 e. The average Bonchev–Trinajstić information content (AvgIpc) is 3.11. The molecule has 0 saturated heterocycles. The molecule has 1 aromatic heterocycles. The van der Waals surface area contributed by atoms with E-state index >= 15 is 0 Å². The number of benzene rings is 2. The molecule has 3 rings (SSSR count). The van der Waals surface area contributed by atoms with Crippen molar-refractivity contribution in [3.8, 4) is 11.3 Å². The fourth-order valence-electron chi connectivity index (χ4n) is 2.71. The molecule has 2 N–H and O–H groups in total. The quantitative estimate of drug-likeness (QED) is 0.641. The van der Waals surface area contributed by atoms with Crippen molar-refractivity contribution < 1.29 is 22.8 Å². The van der Waals surface area contributed by atoms with Crippen molar-refractivity contribution in [1.82, 2.24) is 4.98 Å². The highest BCUT2D eigenvalue weighted by Crippen LogP contribution is 2.25. The highest BCUT2D eigenvalue weighted by molar-refractivity contribution is 5.94. The maximum atomic E-state index is 13.8. The van der Waals surface area contributed by atoms with Crippen molar-refractivity contribution in [1.29, 1.82) is 0 Å².